The van der Waals surface area contributed by atoms with Gasteiger partial charge in [-0.15, -0.1) is 11.3 Å². The predicted molar refractivity (Wildman–Crippen MR) is 81.2 cm³/mol. The fraction of sp³-hybridized carbons (Fsp3) is 0.333. The molecule has 0 bridgehead atoms. The van der Waals surface area contributed by atoms with Crippen LogP contribution in [0.15, 0.2) is 30.5 Å². The van der Waals surface area contributed by atoms with Crippen LogP contribution in [0.2, 0.25) is 0 Å². The van der Waals surface area contributed by atoms with Crippen LogP contribution in [0.3, 0.4) is 0 Å². The number of thiazole rings is 1. The van der Waals surface area contributed by atoms with Gasteiger partial charge in [-0.05, 0) is 25.0 Å². The molecule has 1 aliphatic rings. The number of carbonyl (C=O) groups excluding carboxylic acids is 1. The van der Waals surface area contributed by atoms with Crippen LogP contribution in [0.4, 0.5) is 5.13 Å². The Balaban J connectivity index is 1.74. The number of fused-ring (bicyclic) bond motifs is 1. The van der Waals surface area contributed by atoms with Gasteiger partial charge in [0.05, 0.1) is 6.54 Å². The first-order valence-corrected chi connectivity index (χ1v) is 7.65. The number of nitrogens with one attached hydrogen (secondary N) is 1. The summed E-state index contributed by atoms with van der Waals surface area (Å²) in [6.07, 6.45) is 2.79. The fourth-order valence-corrected chi connectivity index (χ4v) is 3.32. The molecule has 3 rings (SSSR count). The van der Waals surface area contributed by atoms with Crippen LogP contribution in [-0.2, 0) is 13.0 Å². The van der Waals surface area contributed by atoms with Crippen LogP contribution >= 0.6 is 11.3 Å². The summed E-state index contributed by atoms with van der Waals surface area (Å²) in [6.45, 7) is 4.34. The number of benzene rings is 1. The maximum Gasteiger partial charge on any atom is 0.254 e. The van der Waals surface area contributed by atoms with E-state index in [1.165, 1.54) is 0 Å². The molecule has 0 radical (unpaired) electrons. The quantitative estimate of drug-likeness (QED) is 0.940. The molecule has 2 heterocycles. The van der Waals surface area contributed by atoms with E-state index in [0.29, 0.717) is 6.54 Å². The van der Waals surface area contributed by atoms with Crippen molar-refractivity contribution in [3.05, 3.63) is 46.5 Å². The summed E-state index contributed by atoms with van der Waals surface area (Å²) in [5.41, 5.74) is 2.00. The smallest absolute Gasteiger partial charge is 0.254 e. The number of hydrogen-bond donors (Lipinski definition) is 1. The minimum absolute atomic E-state index is 0.130. The highest BCUT2D eigenvalue weighted by Gasteiger charge is 2.24. The zero-order chi connectivity index (χ0) is 13.9. The largest absolute Gasteiger partial charge is 0.362 e. The molecule has 0 fully saturated rings. The van der Waals surface area contributed by atoms with Crippen molar-refractivity contribution in [2.75, 3.05) is 18.4 Å². The van der Waals surface area contributed by atoms with E-state index in [2.05, 4.69) is 10.3 Å². The summed E-state index contributed by atoms with van der Waals surface area (Å²) in [5, 5.41) is 4.12. The number of carbonyl (C=O) groups is 1. The van der Waals surface area contributed by atoms with Gasteiger partial charge in [-0.2, -0.15) is 0 Å². The lowest BCUT2D eigenvalue weighted by Gasteiger charge is -2.27. The minimum Gasteiger partial charge on any atom is -0.362 e. The molecule has 4 nitrogen and oxygen atoms in total. The number of anilines is 1. The lowest BCUT2D eigenvalue weighted by molar-refractivity contribution is 0.0728. The Hall–Kier alpha value is -1.88. The number of hydrogen-bond acceptors (Lipinski definition) is 4. The van der Waals surface area contributed by atoms with Crippen molar-refractivity contribution >= 4 is 22.4 Å². The summed E-state index contributed by atoms with van der Waals surface area (Å²) >= 11 is 1.62. The molecule has 0 unspecified atom stereocenters. The first kappa shape index (κ1) is 13.1. The minimum atomic E-state index is 0.130. The summed E-state index contributed by atoms with van der Waals surface area (Å²) in [6, 6.07) is 7.88. The maximum absolute atomic E-state index is 12.4. The topological polar surface area (TPSA) is 45.2 Å². The standard InChI is InChI=1S/C15H17N3OS/c1-2-16-15-17-9-12(20-15)10-18-8-7-11-5-3-4-6-13(11)14(18)19/h3-6,9H,2,7-8,10H2,1H3,(H,16,17). The molecular weight excluding hydrogens is 270 g/mol. The van der Waals surface area contributed by atoms with Gasteiger partial charge in [0.15, 0.2) is 5.13 Å². The van der Waals surface area contributed by atoms with Crippen LogP contribution in [0.5, 0.6) is 0 Å². The average Bonchev–Trinajstić information content (AvgIpc) is 2.90. The highest BCUT2D eigenvalue weighted by molar-refractivity contribution is 7.15. The number of rotatable bonds is 4. The van der Waals surface area contributed by atoms with Gasteiger partial charge in [0, 0.05) is 29.7 Å². The van der Waals surface area contributed by atoms with Crippen LogP contribution in [-0.4, -0.2) is 28.9 Å². The van der Waals surface area contributed by atoms with Crippen LogP contribution < -0.4 is 5.32 Å². The van der Waals surface area contributed by atoms with Crippen LogP contribution in [0, 0.1) is 0 Å². The number of aromatic nitrogens is 1. The van der Waals surface area contributed by atoms with Gasteiger partial charge in [0.25, 0.3) is 5.91 Å². The van der Waals surface area contributed by atoms with Gasteiger partial charge in [-0.1, -0.05) is 18.2 Å². The van der Waals surface area contributed by atoms with Crippen molar-refractivity contribution in [1.82, 2.24) is 9.88 Å². The fourth-order valence-electron chi connectivity index (χ4n) is 2.43. The second kappa shape index (κ2) is 5.63. The van der Waals surface area contributed by atoms with Gasteiger partial charge in [-0.25, -0.2) is 4.98 Å². The Bertz CT molecular complexity index is 623. The Labute approximate surface area is 122 Å². The maximum atomic E-state index is 12.4. The van der Waals surface area contributed by atoms with Gasteiger partial charge < -0.3 is 10.2 Å². The second-order valence-corrected chi connectivity index (χ2v) is 5.91. The molecule has 2 aromatic rings. The molecule has 20 heavy (non-hydrogen) atoms. The molecule has 5 heteroatoms. The SMILES string of the molecule is CCNc1ncc(CN2CCc3ccccc3C2=O)s1. The van der Waals surface area contributed by atoms with E-state index in [0.717, 1.165) is 40.6 Å². The first-order valence-electron chi connectivity index (χ1n) is 6.83. The second-order valence-electron chi connectivity index (χ2n) is 4.80. The Kier molecular flexibility index (Phi) is 3.69. The lowest BCUT2D eigenvalue weighted by atomic mass is 9.99. The number of nitrogens with zero attached hydrogens (tertiary/aromatic N) is 2. The summed E-state index contributed by atoms with van der Waals surface area (Å²) in [4.78, 5) is 19.8. The summed E-state index contributed by atoms with van der Waals surface area (Å²) in [5.74, 6) is 0.130. The van der Waals surface area contributed by atoms with Crippen molar-refractivity contribution in [3.63, 3.8) is 0 Å². The highest BCUT2D eigenvalue weighted by Crippen LogP contribution is 2.24. The van der Waals surface area contributed by atoms with Gasteiger partial charge in [-0.3, -0.25) is 4.79 Å². The molecule has 1 aliphatic heterocycles. The summed E-state index contributed by atoms with van der Waals surface area (Å²) in [7, 11) is 0. The first-order chi connectivity index (χ1) is 9.78. The molecule has 1 amide bonds. The molecule has 1 N–H and O–H groups in total. The normalized spacial score (nSPS) is 14.2. The van der Waals surface area contributed by atoms with E-state index in [1.807, 2.05) is 42.3 Å². The average molecular weight is 287 g/mol. The Morgan fingerprint density at radius 3 is 3.10 bits per heavy atom. The van der Waals surface area contributed by atoms with E-state index in [9.17, 15) is 4.79 Å². The van der Waals surface area contributed by atoms with Crippen molar-refractivity contribution in [3.8, 4) is 0 Å². The molecular formula is C15H17N3OS. The van der Waals surface area contributed by atoms with E-state index < -0.39 is 0 Å². The van der Waals surface area contributed by atoms with E-state index in [4.69, 9.17) is 0 Å². The van der Waals surface area contributed by atoms with Gasteiger partial charge in [0.2, 0.25) is 0 Å². The third kappa shape index (κ3) is 2.54. The molecule has 0 saturated heterocycles. The van der Waals surface area contributed by atoms with Crippen molar-refractivity contribution in [1.29, 1.82) is 0 Å². The lowest BCUT2D eigenvalue weighted by Crippen LogP contribution is -2.36. The van der Waals surface area contributed by atoms with Crippen LogP contribution in [0.1, 0.15) is 27.7 Å². The molecule has 104 valence electrons. The molecule has 1 aromatic carbocycles. The molecule has 0 spiro atoms. The monoisotopic (exact) mass is 287 g/mol. The van der Waals surface area contributed by atoms with E-state index in [1.54, 1.807) is 11.3 Å². The molecule has 1 aromatic heterocycles. The number of amides is 1. The van der Waals surface area contributed by atoms with E-state index >= 15 is 0 Å². The van der Waals surface area contributed by atoms with Crippen molar-refractivity contribution in [2.24, 2.45) is 0 Å². The Morgan fingerprint density at radius 2 is 2.25 bits per heavy atom. The Morgan fingerprint density at radius 1 is 1.40 bits per heavy atom. The predicted octanol–water partition coefficient (Wildman–Crippen LogP) is 2.77. The van der Waals surface area contributed by atoms with E-state index in [-0.39, 0.29) is 5.91 Å². The zero-order valence-electron chi connectivity index (χ0n) is 11.4. The summed E-state index contributed by atoms with van der Waals surface area (Å²) < 4.78 is 0. The van der Waals surface area contributed by atoms with Crippen molar-refractivity contribution < 1.29 is 4.79 Å². The molecule has 0 atom stereocenters. The third-order valence-corrected chi connectivity index (χ3v) is 4.35. The van der Waals surface area contributed by atoms with Crippen LogP contribution in [0.25, 0.3) is 0 Å². The van der Waals surface area contributed by atoms with Gasteiger partial charge >= 0.3 is 0 Å². The third-order valence-electron chi connectivity index (χ3n) is 3.41. The zero-order valence-corrected chi connectivity index (χ0v) is 12.2. The molecule has 0 saturated carbocycles. The van der Waals surface area contributed by atoms with Crippen molar-refractivity contribution in [2.45, 2.75) is 19.9 Å². The molecule has 0 aliphatic carbocycles. The highest BCUT2D eigenvalue weighted by atomic mass is 32.1. The van der Waals surface area contributed by atoms with Gasteiger partial charge in [0.1, 0.15) is 0 Å².